The summed E-state index contributed by atoms with van der Waals surface area (Å²) >= 11 is 6.17. The van der Waals surface area contributed by atoms with Gasteiger partial charge in [0.25, 0.3) is 0 Å². The molecule has 4 rings (SSSR count). The summed E-state index contributed by atoms with van der Waals surface area (Å²) in [5, 5.41) is 5.97. The highest BCUT2D eigenvalue weighted by molar-refractivity contribution is 6.34. The van der Waals surface area contributed by atoms with Gasteiger partial charge in [-0.05, 0) is 31.0 Å². The van der Waals surface area contributed by atoms with Gasteiger partial charge >= 0.3 is 12.0 Å². The van der Waals surface area contributed by atoms with E-state index in [4.69, 9.17) is 16.3 Å². The number of amides is 3. The zero-order valence-electron chi connectivity index (χ0n) is 16.5. The number of nitrogens with zero attached hydrogens (tertiary/aromatic N) is 1. The van der Waals surface area contributed by atoms with E-state index in [1.807, 2.05) is 44.2 Å². The third-order valence-corrected chi connectivity index (χ3v) is 5.51. The summed E-state index contributed by atoms with van der Waals surface area (Å²) in [5.41, 5.74) is 3.89. The van der Waals surface area contributed by atoms with Crippen molar-refractivity contribution in [3.63, 3.8) is 0 Å². The van der Waals surface area contributed by atoms with Gasteiger partial charge < -0.3 is 15.4 Å². The van der Waals surface area contributed by atoms with Gasteiger partial charge in [-0.3, -0.25) is 9.69 Å². The predicted molar refractivity (Wildman–Crippen MR) is 112 cm³/mol. The number of carbonyl (C=O) groups is 3. The van der Waals surface area contributed by atoms with Crippen molar-refractivity contribution in [2.75, 3.05) is 18.5 Å². The zero-order chi connectivity index (χ0) is 21.4. The highest BCUT2D eigenvalue weighted by atomic mass is 35.5. The van der Waals surface area contributed by atoms with Crippen molar-refractivity contribution in [3.8, 4) is 0 Å². The van der Waals surface area contributed by atoms with Crippen LogP contribution in [0, 0.1) is 13.8 Å². The highest BCUT2D eigenvalue weighted by Crippen LogP contribution is 2.35. The minimum atomic E-state index is -0.617. The van der Waals surface area contributed by atoms with Crippen LogP contribution in [0.3, 0.4) is 0 Å². The summed E-state index contributed by atoms with van der Waals surface area (Å²) in [4.78, 5) is 39.1. The van der Waals surface area contributed by atoms with Crippen LogP contribution in [0.2, 0.25) is 5.02 Å². The number of esters is 1. The number of benzene rings is 2. The molecule has 0 saturated heterocycles. The van der Waals surface area contributed by atoms with E-state index < -0.39 is 23.9 Å². The standard InChI is InChI=1S/C22H20ClN3O4/c1-12-6-8-14(9-7-12)20-18-16(11-30-21(18)28)26(22(29)25-20)10-17(27)24-19-13(2)4-3-5-15(19)23/h3-9,20H,10-11H2,1-2H3,(H,24,27)(H,25,29)/t20-/m0/s1. The summed E-state index contributed by atoms with van der Waals surface area (Å²) < 4.78 is 5.19. The average Bonchev–Trinajstić information content (AvgIpc) is 3.09. The molecule has 2 aliphatic rings. The molecule has 0 radical (unpaired) electrons. The summed E-state index contributed by atoms with van der Waals surface area (Å²) in [7, 11) is 0. The number of rotatable bonds is 4. The van der Waals surface area contributed by atoms with Gasteiger partial charge in [0, 0.05) is 0 Å². The Morgan fingerprint density at radius 3 is 2.63 bits per heavy atom. The molecule has 3 amide bonds. The maximum atomic E-state index is 12.8. The van der Waals surface area contributed by atoms with Gasteiger partial charge in [0.1, 0.15) is 13.2 Å². The third-order valence-electron chi connectivity index (χ3n) is 5.20. The van der Waals surface area contributed by atoms with Crippen LogP contribution in [0.25, 0.3) is 0 Å². The minimum Gasteiger partial charge on any atom is -0.456 e. The topological polar surface area (TPSA) is 87.7 Å². The zero-order valence-corrected chi connectivity index (χ0v) is 17.2. The quantitative estimate of drug-likeness (QED) is 0.734. The second-order valence-corrected chi connectivity index (χ2v) is 7.70. The van der Waals surface area contributed by atoms with Crippen molar-refractivity contribution in [3.05, 3.63) is 75.4 Å². The molecule has 0 fully saturated rings. The molecule has 1 atom stereocenters. The maximum Gasteiger partial charge on any atom is 0.338 e. The lowest BCUT2D eigenvalue weighted by Gasteiger charge is -2.32. The first-order chi connectivity index (χ1) is 14.3. The molecule has 0 unspecified atom stereocenters. The van der Waals surface area contributed by atoms with E-state index in [0.29, 0.717) is 22.0 Å². The van der Waals surface area contributed by atoms with Crippen LogP contribution in [-0.4, -0.2) is 36.0 Å². The molecule has 2 aliphatic heterocycles. The fourth-order valence-corrected chi connectivity index (χ4v) is 3.87. The Kier molecular flexibility index (Phi) is 5.22. The Morgan fingerprint density at radius 1 is 1.20 bits per heavy atom. The monoisotopic (exact) mass is 425 g/mol. The van der Waals surface area contributed by atoms with Gasteiger partial charge in [0.15, 0.2) is 0 Å². The first kappa shape index (κ1) is 20.0. The molecule has 154 valence electrons. The van der Waals surface area contributed by atoms with Crippen LogP contribution in [0.1, 0.15) is 22.7 Å². The fraction of sp³-hybridized carbons (Fsp3) is 0.227. The second-order valence-electron chi connectivity index (χ2n) is 7.30. The molecule has 0 spiro atoms. The van der Waals surface area contributed by atoms with E-state index in [1.165, 1.54) is 4.90 Å². The number of hydrogen-bond donors (Lipinski definition) is 2. The molecule has 0 saturated carbocycles. The highest BCUT2D eigenvalue weighted by Gasteiger charge is 2.42. The molecule has 2 heterocycles. The van der Waals surface area contributed by atoms with Crippen LogP contribution < -0.4 is 10.6 Å². The van der Waals surface area contributed by atoms with E-state index in [9.17, 15) is 14.4 Å². The number of cyclic esters (lactones) is 1. The average molecular weight is 426 g/mol. The van der Waals surface area contributed by atoms with Crippen molar-refractivity contribution >= 4 is 35.2 Å². The van der Waals surface area contributed by atoms with Gasteiger partial charge in [-0.2, -0.15) is 0 Å². The van der Waals surface area contributed by atoms with E-state index >= 15 is 0 Å². The Morgan fingerprint density at radius 2 is 1.93 bits per heavy atom. The molecule has 7 nitrogen and oxygen atoms in total. The van der Waals surface area contributed by atoms with Crippen molar-refractivity contribution in [1.29, 1.82) is 0 Å². The fourth-order valence-electron chi connectivity index (χ4n) is 3.60. The van der Waals surface area contributed by atoms with Crippen molar-refractivity contribution in [2.45, 2.75) is 19.9 Å². The first-order valence-electron chi connectivity index (χ1n) is 9.45. The molecule has 0 aliphatic carbocycles. The SMILES string of the molecule is Cc1ccc([C@@H]2NC(=O)N(CC(=O)Nc3c(C)cccc3Cl)C3=C2C(=O)OC3)cc1. The van der Waals surface area contributed by atoms with Gasteiger partial charge in [-0.15, -0.1) is 0 Å². The molecule has 2 N–H and O–H groups in total. The Hall–Kier alpha value is -3.32. The summed E-state index contributed by atoms with van der Waals surface area (Å²) in [6.07, 6.45) is 0. The third kappa shape index (κ3) is 3.64. The molecule has 0 bridgehead atoms. The maximum absolute atomic E-state index is 12.8. The lowest BCUT2D eigenvalue weighted by Crippen LogP contribution is -2.49. The van der Waals surface area contributed by atoms with E-state index in [0.717, 1.165) is 16.7 Å². The van der Waals surface area contributed by atoms with Gasteiger partial charge in [0.05, 0.1) is 28.0 Å². The Balaban J connectivity index is 1.60. The summed E-state index contributed by atoms with van der Waals surface area (Å²) in [6, 6.07) is 11.7. The lowest BCUT2D eigenvalue weighted by molar-refractivity contribution is -0.136. The Labute approximate surface area is 178 Å². The minimum absolute atomic E-state index is 0.0532. The lowest BCUT2D eigenvalue weighted by atomic mass is 9.95. The molecule has 2 aromatic rings. The molecular formula is C22H20ClN3O4. The van der Waals surface area contributed by atoms with Crippen LogP contribution in [0.4, 0.5) is 10.5 Å². The van der Waals surface area contributed by atoms with Gasteiger partial charge in [0.2, 0.25) is 5.91 Å². The number of nitrogens with one attached hydrogen (secondary N) is 2. The van der Waals surface area contributed by atoms with Crippen LogP contribution >= 0.6 is 11.6 Å². The smallest absolute Gasteiger partial charge is 0.338 e. The number of ether oxygens (including phenoxy) is 1. The normalized spacial score (nSPS) is 18.1. The summed E-state index contributed by atoms with van der Waals surface area (Å²) in [5.74, 6) is -0.927. The molecule has 30 heavy (non-hydrogen) atoms. The number of aryl methyl sites for hydroxylation is 2. The number of anilines is 1. The number of para-hydroxylation sites is 1. The van der Waals surface area contributed by atoms with Gasteiger partial charge in [-0.1, -0.05) is 53.6 Å². The van der Waals surface area contributed by atoms with E-state index in [2.05, 4.69) is 10.6 Å². The van der Waals surface area contributed by atoms with E-state index in [-0.39, 0.29) is 13.2 Å². The molecule has 0 aromatic heterocycles. The van der Waals surface area contributed by atoms with Crippen LogP contribution in [-0.2, 0) is 14.3 Å². The van der Waals surface area contributed by atoms with Crippen LogP contribution in [0.15, 0.2) is 53.7 Å². The van der Waals surface area contributed by atoms with E-state index in [1.54, 1.807) is 12.1 Å². The number of urea groups is 1. The Bertz CT molecular complexity index is 1060. The van der Waals surface area contributed by atoms with Crippen LogP contribution in [0.5, 0.6) is 0 Å². The second kappa shape index (κ2) is 7.84. The molecule has 2 aromatic carbocycles. The number of hydrogen-bond acceptors (Lipinski definition) is 4. The van der Waals surface area contributed by atoms with Crippen molar-refractivity contribution in [1.82, 2.24) is 10.2 Å². The first-order valence-corrected chi connectivity index (χ1v) is 9.82. The largest absolute Gasteiger partial charge is 0.456 e. The van der Waals surface area contributed by atoms with Crippen molar-refractivity contribution < 1.29 is 19.1 Å². The molecule has 8 heteroatoms. The summed E-state index contributed by atoms with van der Waals surface area (Å²) in [6.45, 7) is 3.46. The predicted octanol–water partition coefficient (Wildman–Crippen LogP) is 3.47. The van der Waals surface area contributed by atoms with Crippen molar-refractivity contribution in [2.24, 2.45) is 0 Å². The number of halogens is 1. The molecular weight excluding hydrogens is 406 g/mol. The number of carbonyl (C=O) groups excluding carboxylic acids is 3. The van der Waals surface area contributed by atoms with Gasteiger partial charge in [-0.25, -0.2) is 9.59 Å².